The Bertz CT molecular complexity index is 205. The fraction of sp³-hybridized carbons (Fsp3) is 0.909. The van der Waals surface area contributed by atoms with Crippen molar-refractivity contribution in [3.63, 3.8) is 0 Å². The summed E-state index contributed by atoms with van der Waals surface area (Å²) in [5.74, 6) is 1.23. The lowest BCUT2D eigenvalue weighted by Crippen LogP contribution is -2.34. The summed E-state index contributed by atoms with van der Waals surface area (Å²) in [6, 6.07) is 0. The highest BCUT2D eigenvalue weighted by Crippen LogP contribution is 2.48. The van der Waals surface area contributed by atoms with Crippen LogP contribution in [0.15, 0.2) is 4.99 Å². The van der Waals surface area contributed by atoms with Crippen LogP contribution in [0.1, 0.15) is 40.0 Å². The van der Waals surface area contributed by atoms with E-state index in [0.717, 1.165) is 13.1 Å². The van der Waals surface area contributed by atoms with Crippen molar-refractivity contribution < 1.29 is 0 Å². The molecular formula is C11H23N3. The summed E-state index contributed by atoms with van der Waals surface area (Å²) < 4.78 is 0. The SMILES string of the molecule is CCC1(CN=C(N)NCC(C)C)CC1. The third kappa shape index (κ3) is 3.56. The Morgan fingerprint density at radius 1 is 1.50 bits per heavy atom. The fourth-order valence-electron chi connectivity index (χ4n) is 1.42. The zero-order valence-electron chi connectivity index (χ0n) is 9.64. The van der Waals surface area contributed by atoms with Crippen LogP contribution >= 0.6 is 0 Å². The van der Waals surface area contributed by atoms with Crippen molar-refractivity contribution >= 4 is 5.96 Å². The van der Waals surface area contributed by atoms with E-state index < -0.39 is 0 Å². The van der Waals surface area contributed by atoms with Crippen molar-refractivity contribution in [3.05, 3.63) is 0 Å². The third-order valence-corrected chi connectivity index (χ3v) is 2.98. The number of nitrogens with one attached hydrogen (secondary N) is 1. The molecule has 0 amide bonds. The second kappa shape index (κ2) is 4.67. The van der Waals surface area contributed by atoms with Crippen molar-refractivity contribution in [3.8, 4) is 0 Å². The molecule has 14 heavy (non-hydrogen) atoms. The van der Waals surface area contributed by atoms with E-state index in [1.807, 2.05) is 0 Å². The molecule has 0 aromatic rings. The monoisotopic (exact) mass is 197 g/mol. The Kier molecular flexibility index (Phi) is 3.78. The van der Waals surface area contributed by atoms with E-state index in [1.54, 1.807) is 0 Å². The van der Waals surface area contributed by atoms with Gasteiger partial charge in [-0.05, 0) is 30.6 Å². The number of guanidine groups is 1. The summed E-state index contributed by atoms with van der Waals surface area (Å²) in [5.41, 5.74) is 6.25. The second-order valence-electron chi connectivity index (χ2n) is 4.83. The highest BCUT2D eigenvalue weighted by Gasteiger charge is 2.40. The average molecular weight is 197 g/mol. The molecule has 0 aromatic heterocycles. The van der Waals surface area contributed by atoms with Gasteiger partial charge in [0.1, 0.15) is 0 Å². The van der Waals surface area contributed by atoms with Crippen LogP contribution in [-0.4, -0.2) is 19.0 Å². The highest BCUT2D eigenvalue weighted by molar-refractivity contribution is 5.77. The van der Waals surface area contributed by atoms with E-state index in [9.17, 15) is 0 Å². The van der Waals surface area contributed by atoms with E-state index in [2.05, 4.69) is 31.1 Å². The topological polar surface area (TPSA) is 50.4 Å². The zero-order valence-corrected chi connectivity index (χ0v) is 9.64. The number of hydrogen-bond donors (Lipinski definition) is 2. The maximum Gasteiger partial charge on any atom is 0.188 e. The van der Waals surface area contributed by atoms with Gasteiger partial charge in [0.05, 0.1) is 0 Å². The van der Waals surface area contributed by atoms with Crippen LogP contribution in [0.5, 0.6) is 0 Å². The molecule has 0 spiro atoms. The van der Waals surface area contributed by atoms with Crippen LogP contribution in [0.4, 0.5) is 0 Å². The summed E-state index contributed by atoms with van der Waals surface area (Å²) in [6.07, 6.45) is 3.88. The Hall–Kier alpha value is -0.730. The van der Waals surface area contributed by atoms with Crippen LogP contribution in [0.2, 0.25) is 0 Å². The lowest BCUT2D eigenvalue weighted by atomic mass is 10.1. The summed E-state index contributed by atoms with van der Waals surface area (Å²) in [5, 5.41) is 3.13. The number of nitrogens with zero attached hydrogens (tertiary/aromatic N) is 1. The Morgan fingerprint density at radius 3 is 2.57 bits per heavy atom. The lowest BCUT2D eigenvalue weighted by Gasteiger charge is -2.11. The molecule has 3 heteroatoms. The Balaban J connectivity index is 2.23. The van der Waals surface area contributed by atoms with Crippen LogP contribution in [0, 0.1) is 11.3 Å². The molecule has 1 saturated carbocycles. The van der Waals surface area contributed by atoms with Crippen molar-refractivity contribution in [1.82, 2.24) is 5.32 Å². The van der Waals surface area contributed by atoms with Gasteiger partial charge in [0, 0.05) is 13.1 Å². The molecule has 0 unspecified atom stereocenters. The minimum absolute atomic E-state index is 0.504. The van der Waals surface area contributed by atoms with Crippen molar-refractivity contribution in [1.29, 1.82) is 0 Å². The quantitative estimate of drug-likeness (QED) is 0.521. The molecule has 0 atom stereocenters. The van der Waals surface area contributed by atoms with Crippen molar-refractivity contribution in [2.24, 2.45) is 22.1 Å². The standard InChI is InChI=1S/C11H23N3/c1-4-11(5-6-11)8-14-10(12)13-7-9(2)3/h9H,4-8H2,1-3H3,(H3,12,13,14). The highest BCUT2D eigenvalue weighted by atomic mass is 15.1. The van der Waals surface area contributed by atoms with Crippen LogP contribution < -0.4 is 11.1 Å². The summed E-state index contributed by atoms with van der Waals surface area (Å²) in [4.78, 5) is 4.38. The van der Waals surface area contributed by atoms with E-state index in [1.165, 1.54) is 19.3 Å². The van der Waals surface area contributed by atoms with Gasteiger partial charge in [-0.2, -0.15) is 0 Å². The average Bonchev–Trinajstić information content (AvgIpc) is 2.92. The van der Waals surface area contributed by atoms with Gasteiger partial charge >= 0.3 is 0 Å². The molecule has 3 nitrogen and oxygen atoms in total. The molecule has 1 fully saturated rings. The van der Waals surface area contributed by atoms with Gasteiger partial charge in [-0.25, -0.2) is 0 Å². The van der Waals surface area contributed by atoms with E-state index >= 15 is 0 Å². The minimum Gasteiger partial charge on any atom is -0.370 e. The van der Waals surface area contributed by atoms with Crippen LogP contribution in [0.25, 0.3) is 0 Å². The molecule has 1 aliphatic rings. The zero-order chi connectivity index (χ0) is 10.6. The molecule has 82 valence electrons. The normalized spacial score (nSPS) is 19.9. The molecular weight excluding hydrogens is 174 g/mol. The first-order valence-electron chi connectivity index (χ1n) is 5.62. The van der Waals surface area contributed by atoms with E-state index in [0.29, 0.717) is 17.3 Å². The maximum absolute atomic E-state index is 5.75. The van der Waals surface area contributed by atoms with E-state index in [-0.39, 0.29) is 0 Å². The van der Waals surface area contributed by atoms with Gasteiger partial charge < -0.3 is 11.1 Å². The van der Waals surface area contributed by atoms with Gasteiger partial charge in [0.2, 0.25) is 0 Å². The summed E-state index contributed by atoms with van der Waals surface area (Å²) >= 11 is 0. The van der Waals surface area contributed by atoms with Gasteiger partial charge in [-0.3, -0.25) is 4.99 Å². The van der Waals surface area contributed by atoms with Crippen molar-refractivity contribution in [2.45, 2.75) is 40.0 Å². The van der Waals surface area contributed by atoms with Crippen LogP contribution in [-0.2, 0) is 0 Å². The fourth-order valence-corrected chi connectivity index (χ4v) is 1.42. The Morgan fingerprint density at radius 2 is 2.14 bits per heavy atom. The number of rotatable bonds is 5. The number of hydrogen-bond acceptors (Lipinski definition) is 1. The third-order valence-electron chi connectivity index (χ3n) is 2.98. The van der Waals surface area contributed by atoms with Gasteiger partial charge in [0.25, 0.3) is 0 Å². The molecule has 3 N–H and O–H groups in total. The molecule has 0 bridgehead atoms. The van der Waals surface area contributed by atoms with Gasteiger partial charge in [-0.15, -0.1) is 0 Å². The molecule has 1 rings (SSSR count). The van der Waals surface area contributed by atoms with Crippen LogP contribution in [0.3, 0.4) is 0 Å². The molecule has 0 heterocycles. The molecule has 1 aliphatic carbocycles. The minimum atomic E-state index is 0.504. The predicted molar refractivity (Wildman–Crippen MR) is 61.3 cm³/mol. The number of aliphatic imine (C=N–C) groups is 1. The first-order valence-corrected chi connectivity index (χ1v) is 5.62. The summed E-state index contributed by atoms with van der Waals surface area (Å²) in [7, 11) is 0. The van der Waals surface area contributed by atoms with Crippen molar-refractivity contribution in [2.75, 3.05) is 13.1 Å². The second-order valence-corrected chi connectivity index (χ2v) is 4.83. The van der Waals surface area contributed by atoms with E-state index in [4.69, 9.17) is 5.73 Å². The first-order chi connectivity index (χ1) is 6.58. The molecule has 0 aliphatic heterocycles. The Labute approximate surface area is 87.2 Å². The maximum atomic E-state index is 5.75. The predicted octanol–water partition coefficient (Wildman–Crippen LogP) is 1.74. The first kappa shape index (κ1) is 11.3. The largest absolute Gasteiger partial charge is 0.370 e. The van der Waals surface area contributed by atoms with Gasteiger partial charge in [-0.1, -0.05) is 20.8 Å². The lowest BCUT2D eigenvalue weighted by molar-refractivity contribution is 0.504. The smallest absolute Gasteiger partial charge is 0.188 e. The number of nitrogens with two attached hydrogens (primary N) is 1. The molecule has 0 aromatic carbocycles. The molecule has 0 radical (unpaired) electrons. The summed E-state index contributed by atoms with van der Waals surface area (Å²) in [6.45, 7) is 8.37. The van der Waals surface area contributed by atoms with Gasteiger partial charge in [0.15, 0.2) is 5.96 Å². The molecule has 0 saturated heterocycles.